The molecule has 4 rings (SSSR count). The minimum Gasteiger partial charge on any atom is -0.453 e. The molecule has 1 fully saturated rings. The van der Waals surface area contributed by atoms with Crippen LogP contribution in [0.3, 0.4) is 0 Å². The summed E-state index contributed by atoms with van der Waals surface area (Å²) in [4.78, 5) is 35.4. The van der Waals surface area contributed by atoms with E-state index in [1.165, 1.54) is 0 Å². The number of hydrogen-bond acceptors (Lipinski definition) is 5. The third-order valence-corrected chi connectivity index (χ3v) is 5.01. The highest BCUT2D eigenvalue weighted by molar-refractivity contribution is 8.15. The first kappa shape index (κ1) is 15.7. The van der Waals surface area contributed by atoms with E-state index in [2.05, 4.69) is 5.32 Å². The zero-order valence-corrected chi connectivity index (χ0v) is 13.8. The molecule has 6 heteroatoms. The molecule has 0 radical (unpaired) electrons. The van der Waals surface area contributed by atoms with E-state index in [0.717, 1.165) is 22.7 Å². The first-order valence-electron chi connectivity index (χ1n) is 7.74. The standard InChI is InChI=1S/C19H13NO4S/c21-17(12-4-2-1-3-5-12)15-10-13-8-11(6-7-14(13)24-15)9-16-18(22)20-19(23)25-16/h1-8,10,16H,9H2,(H,20,22,23). The number of hydrogen-bond donors (Lipinski definition) is 1. The van der Waals surface area contributed by atoms with Crippen molar-refractivity contribution in [1.29, 1.82) is 0 Å². The van der Waals surface area contributed by atoms with E-state index in [1.54, 1.807) is 36.4 Å². The van der Waals surface area contributed by atoms with Crippen LogP contribution in [0.4, 0.5) is 4.79 Å². The minimum atomic E-state index is -0.415. The van der Waals surface area contributed by atoms with E-state index < -0.39 is 5.25 Å². The van der Waals surface area contributed by atoms with Gasteiger partial charge in [0.15, 0.2) is 5.76 Å². The molecule has 5 nitrogen and oxygen atoms in total. The Morgan fingerprint density at radius 1 is 1.08 bits per heavy atom. The summed E-state index contributed by atoms with van der Waals surface area (Å²) in [6.45, 7) is 0. The molecule has 25 heavy (non-hydrogen) atoms. The summed E-state index contributed by atoms with van der Waals surface area (Å²) >= 11 is 1.00. The largest absolute Gasteiger partial charge is 0.453 e. The monoisotopic (exact) mass is 351 g/mol. The van der Waals surface area contributed by atoms with Gasteiger partial charge in [-0.25, -0.2) is 0 Å². The number of ketones is 1. The van der Waals surface area contributed by atoms with E-state index in [4.69, 9.17) is 4.42 Å². The molecular weight excluding hydrogens is 338 g/mol. The van der Waals surface area contributed by atoms with Crippen LogP contribution in [0.1, 0.15) is 21.7 Å². The second-order valence-corrected chi connectivity index (χ2v) is 6.94. The minimum absolute atomic E-state index is 0.172. The molecule has 0 bridgehead atoms. The quantitative estimate of drug-likeness (QED) is 0.727. The first-order valence-corrected chi connectivity index (χ1v) is 8.62. The molecule has 1 unspecified atom stereocenters. The van der Waals surface area contributed by atoms with Gasteiger partial charge in [0.05, 0.1) is 5.25 Å². The predicted octanol–water partition coefficient (Wildman–Crippen LogP) is 3.56. The fraction of sp³-hybridized carbons (Fsp3) is 0.105. The summed E-state index contributed by atoms with van der Waals surface area (Å²) in [6.07, 6.45) is 0.450. The second kappa shape index (κ2) is 6.22. The van der Waals surface area contributed by atoms with E-state index in [9.17, 15) is 14.4 Å². The van der Waals surface area contributed by atoms with Crippen LogP contribution in [-0.2, 0) is 11.2 Å². The molecule has 1 saturated heterocycles. The molecule has 1 aliphatic rings. The van der Waals surface area contributed by atoms with Gasteiger partial charge >= 0.3 is 0 Å². The van der Waals surface area contributed by atoms with E-state index in [-0.39, 0.29) is 22.7 Å². The highest BCUT2D eigenvalue weighted by Gasteiger charge is 2.31. The highest BCUT2D eigenvalue weighted by atomic mass is 32.2. The van der Waals surface area contributed by atoms with Gasteiger partial charge in [-0.3, -0.25) is 19.7 Å². The van der Waals surface area contributed by atoms with Crippen molar-refractivity contribution in [3.05, 3.63) is 71.5 Å². The van der Waals surface area contributed by atoms with Crippen LogP contribution in [0.15, 0.2) is 59.0 Å². The Morgan fingerprint density at radius 2 is 1.88 bits per heavy atom. The molecule has 1 aliphatic heterocycles. The summed E-state index contributed by atoms with van der Waals surface area (Å²) in [6, 6.07) is 16.2. The number of furan rings is 1. The van der Waals surface area contributed by atoms with Crippen LogP contribution in [0.2, 0.25) is 0 Å². The summed E-state index contributed by atoms with van der Waals surface area (Å²) in [7, 11) is 0. The van der Waals surface area contributed by atoms with Crippen molar-refractivity contribution in [3.63, 3.8) is 0 Å². The van der Waals surface area contributed by atoms with E-state index in [1.807, 2.05) is 18.2 Å². The van der Waals surface area contributed by atoms with Gasteiger partial charge in [0.1, 0.15) is 5.58 Å². The average molecular weight is 351 g/mol. The number of fused-ring (bicyclic) bond motifs is 1. The number of carbonyl (C=O) groups is 3. The lowest BCUT2D eigenvalue weighted by atomic mass is 10.1. The Bertz CT molecular complexity index is 993. The maximum absolute atomic E-state index is 12.5. The van der Waals surface area contributed by atoms with Gasteiger partial charge in [-0.15, -0.1) is 0 Å². The topological polar surface area (TPSA) is 76.4 Å². The van der Waals surface area contributed by atoms with Crippen LogP contribution in [0.5, 0.6) is 0 Å². The molecule has 2 aromatic carbocycles. The predicted molar refractivity (Wildman–Crippen MR) is 94.7 cm³/mol. The molecule has 2 heterocycles. The van der Waals surface area contributed by atoms with Gasteiger partial charge in [0.2, 0.25) is 11.7 Å². The van der Waals surface area contributed by atoms with Gasteiger partial charge in [-0.1, -0.05) is 48.2 Å². The van der Waals surface area contributed by atoms with Crippen LogP contribution in [0.25, 0.3) is 11.0 Å². The van der Waals surface area contributed by atoms with Gasteiger partial charge in [0.25, 0.3) is 5.24 Å². The van der Waals surface area contributed by atoms with Crippen molar-refractivity contribution in [2.75, 3.05) is 0 Å². The highest BCUT2D eigenvalue weighted by Crippen LogP contribution is 2.27. The summed E-state index contributed by atoms with van der Waals surface area (Å²) in [5, 5.41) is 2.36. The summed E-state index contributed by atoms with van der Waals surface area (Å²) in [5.74, 6) is -0.154. The molecular formula is C19H13NO4S. The van der Waals surface area contributed by atoms with E-state index in [0.29, 0.717) is 17.6 Å². The zero-order valence-electron chi connectivity index (χ0n) is 13.0. The van der Waals surface area contributed by atoms with Crippen molar-refractivity contribution < 1.29 is 18.8 Å². The third-order valence-electron chi connectivity index (χ3n) is 4.03. The third kappa shape index (κ3) is 3.08. The van der Waals surface area contributed by atoms with E-state index >= 15 is 0 Å². The Hall–Kier alpha value is -2.86. The zero-order chi connectivity index (χ0) is 17.4. The molecule has 1 N–H and O–H groups in total. The normalized spacial score (nSPS) is 17.0. The molecule has 0 aliphatic carbocycles. The lowest BCUT2D eigenvalue weighted by molar-refractivity contribution is -0.118. The number of rotatable bonds is 4. The molecule has 0 spiro atoms. The lowest BCUT2D eigenvalue weighted by Gasteiger charge is -2.04. The first-order chi connectivity index (χ1) is 12.1. The van der Waals surface area contributed by atoms with Crippen LogP contribution < -0.4 is 5.32 Å². The molecule has 2 amide bonds. The molecule has 124 valence electrons. The average Bonchev–Trinajstić information content (AvgIpc) is 3.17. The molecule has 0 saturated carbocycles. The number of benzene rings is 2. The number of carbonyl (C=O) groups excluding carboxylic acids is 3. The Kier molecular flexibility index (Phi) is 3.89. The fourth-order valence-corrected chi connectivity index (χ4v) is 3.66. The van der Waals surface area contributed by atoms with Crippen molar-refractivity contribution in [2.24, 2.45) is 0 Å². The number of nitrogens with one attached hydrogen (secondary N) is 1. The lowest BCUT2D eigenvalue weighted by Crippen LogP contribution is -2.25. The maximum atomic E-state index is 12.5. The smallest absolute Gasteiger partial charge is 0.286 e. The van der Waals surface area contributed by atoms with Crippen molar-refractivity contribution in [2.45, 2.75) is 11.7 Å². The van der Waals surface area contributed by atoms with Crippen molar-refractivity contribution in [3.8, 4) is 0 Å². The van der Waals surface area contributed by atoms with Crippen LogP contribution in [0, 0.1) is 0 Å². The Balaban J connectivity index is 1.60. The second-order valence-electron chi connectivity index (χ2n) is 5.77. The fourth-order valence-electron chi connectivity index (χ4n) is 2.81. The molecule has 1 aromatic heterocycles. The number of imide groups is 1. The van der Waals surface area contributed by atoms with Crippen molar-refractivity contribution in [1.82, 2.24) is 5.32 Å². The Morgan fingerprint density at radius 3 is 2.60 bits per heavy atom. The SMILES string of the molecule is O=C1NC(=O)C(Cc2ccc3oc(C(=O)c4ccccc4)cc3c2)S1. The molecule has 3 aromatic rings. The Labute approximate surface area is 147 Å². The number of thioether (sulfide) groups is 1. The summed E-state index contributed by atoms with van der Waals surface area (Å²) < 4.78 is 5.66. The van der Waals surface area contributed by atoms with Crippen LogP contribution >= 0.6 is 11.8 Å². The van der Waals surface area contributed by atoms with Gasteiger partial charge in [-0.05, 0) is 30.2 Å². The summed E-state index contributed by atoms with van der Waals surface area (Å²) in [5.41, 5.74) is 2.09. The molecule has 1 atom stereocenters. The number of amides is 2. The van der Waals surface area contributed by atoms with Crippen molar-refractivity contribution >= 4 is 39.7 Å². The van der Waals surface area contributed by atoms with Gasteiger partial charge < -0.3 is 4.42 Å². The van der Waals surface area contributed by atoms with Gasteiger partial charge in [0, 0.05) is 10.9 Å². The van der Waals surface area contributed by atoms with Gasteiger partial charge in [-0.2, -0.15) is 0 Å². The van der Waals surface area contributed by atoms with Crippen LogP contribution in [-0.4, -0.2) is 22.2 Å². The maximum Gasteiger partial charge on any atom is 0.286 e.